The Bertz CT molecular complexity index is 576. The van der Waals surface area contributed by atoms with Crippen molar-refractivity contribution in [3.63, 3.8) is 0 Å². The van der Waals surface area contributed by atoms with E-state index in [1.807, 2.05) is 6.92 Å². The Hall–Kier alpha value is -2.57. The molecule has 0 bridgehead atoms. The van der Waals surface area contributed by atoms with Crippen LogP contribution in [0.15, 0.2) is 30.7 Å². The molecule has 0 atom stereocenters. The fourth-order valence-electron chi connectivity index (χ4n) is 1.45. The molecule has 0 aliphatic carbocycles. The van der Waals surface area contributed by atoms with Crippen molar-refractivity contribution in [2.75, 3.05) is 17.2 Å². The lowest BCUT2D eigenvalue weighted by Gasteiger charge is -2.09. The topological polar surface area (TPSA) is 79.8 Å². The van der Waals surface area contributed by atoms with Crippen LogP contribution in [-0.4, -0.2) is 27.4 Å². The van der Waals surface area contributed by atoms with Gasteiger partial charge in [0.05, 0.1) is 11.8 Å². The van der Waals surface area contributed by atoms with E-state index in [2.05, 4.69) is 25.6 Å². The molecule has 0 radical (unpaired) electrons. The predicted molar refractivity (Wildman–Crippen MR) is 68.3 cm³/mol. The molecule has 0 unspecified atom stereocenters. The molecule has 0 aromatic carbocycles. The third-order valence-corrected chi connectivity index (χ3v) is 2.23. The van der Waals surface area contributed by atoms with Gasteiger partial charge in [-0.3, -0.25) is 10.1 Å². The summed E-state index contributed by atoms with van der Waals surface area (Å²) in [6.45, 7) is 2.42. The number of nitrogens with one attached hydrogen (secondary N) is 2. The third-order valence-electron chi connectivity index (χ3n) is 2.23. The van der Waals surface area contributed by atoms with Gasteiger partial charge in [-0.05, 0) is 19.1 Å². The zero-order chi connectivity index (χ0) is 13.7. The van der Waals surface area contributed by atoms with Crippen molar-refractivity contribution in [2.24, 2.45) is 0 Å². The van der Waals surface area contributed by atoms with Crippen LogP contribution in [0.1, 0.15) is 17.3 Å². The lowest BCUT2D eigenvalue weighted by atomic mass is 10.2. The molecule has 2 N–H and O–H groups in total. The first-order valence-corrected chi connectivity index (χ1v) is 5.68. The van der Waals surface area contributed by atoms with Crippen molar-refractivity contribution in [3.05, 3.63) is 42.1 Å². The third kappa shape index (κ3) is 3.21. The average Bonchev–Trinajstić information content (AvgIpc) is 2.42. The number of hydrogen-bond acceptors (Lipinski definition) is 5. The quantitative estimate of drug-likeness (QED) is 0.875. The van der Waals surface area contributed by atoms with Crippen molar-refractivity contribution in [1.29, 1.82) is 0 Å². The number of hydrogen-bond donors (Lipinski definition) is 2. The molecule has 0 saturated heterocycles. The zero-order valence-corrected chi connectivity index (χ0v) is 10.2. The van der Waals surface area contributed by atoms with Crippen LogP contribution in [0.5, 0.6) is 0 Å². The van der Waals surface area contributed by atoms with Gasteiger partial charge in [-0.15, -0.1) is 0 Å². The number of amides is 1. The highest BCUT2D eigenvalue weighted by atomic mass is 19.1. The molecule has 19 heavy (non-hydrogen) atoms. The Kier molecular flexibility index (Phi) is 3.97. The maximum atomic E-state index is 13.2. The highest BCUT2D eigenvalue weighted by Crippen LogP contribution is 2.14. The van der Waals surface area contributed by atoms with Crippen molar-refractivity contribution < 1.29 is 9.18 Å². The van der Waals surface area contributed by atoms with Crippen LogP contribution in [-0.2, 0) is 0 Å². The van der Waals surface area contributed by atoms with Gasteiger partial charge in [0.25, 0.3) is 5.91 Å². The molecule has 7 heteroatoms. The van der Waals surface area contributed by atoms with Crippen LogP contribution in [0.2, 0.25) is 0 Å². The van der Waals surface area contributed by atoms with E-state index in [0.717, 1.165) is 12.3 Å². The molecule has 98 valence electrons. The van der Waals surface area contributed by atoms with Gasteiger partial charge < -0.3 is 5.32 Å². The molecule has 2 heterocycles. The number of carbonyl (C=O) groups excluding carboxylic acids is 1. The second-order valence-corrected chi connectivity index (χ2v) is 3.61. The molecule has 2 rings (SSSR count). The Morgan fingerprint density at radius 1 is 1.32 bits per heavy atom. The van der Waals surface area contributed by atoms with E-state index in [1.54, 1.807) is 6.07 Å². The minimum absolute atomic E-state index is 0.106. The molecule has 2 aromatic heterocycles. The number of pyridine rings is 1. The number of aromatic nitrogens is 3. The van der Waals surface area contributed by atoms with E-state index in [-0.39, 0.29) is 11.5 Å². The first-order valence-electron chi connectivity index (χ1n) is 5.68. The summed E-state index contributed by atoms with van der Waals surface area (Å²) < 4.78 is 13.2. The lowest BCUT2D eigenvalue weighted by Crippen LogP contribution is -2.17. The molecule has 2 aromatic rings. The minimum Gasteiger partial charge on any atom is -0.370 e. The lowest BCUT2D eigenvalue weighted by molar-refractivity contribution is 0.102. The summed E-state index contributed by atoms with van der Waals surface area (Å²) in [5.74, 6) is -0.633. The van der Waals surface area contributed by atoms with Crippen LogP contribution >= 0.6 is 0 Å². The largest absolute Gasteiger partial charge is 0.370 e. The fourth-order valence-corrected chi connectivity index (χ4v) is 1.45. The highest BCUT2D eigenvalue weighted by Gasteiger charge is 2.14. The smallest absolute Gasteiger partial charge is 0.261 e. The van der Waals surface area contributed by atoms with Gasteiger partial charge >= 0.3 is 0 Å². The van der Waals surface area contributed by atoms with Gasteiger partial charge in [0.15, 0.2) is 0 Å². The predicted octanol–water partition coefficient (Wildman–Crippen LogP) is 1.69. The Morgan fingerprint density at radius 3 is 2.74 bits per heavy atom. The van der Waals surface area contributed by atoms with E-state index >= 15 is 0 Å². The molecule has 0 aliphatic rings. The Morgan fingerprint density at radius 2 is 2.05 bits per heavy atom. The van der Waals surface area contributed by atoms with Gasteiger partial charge in [-0.2, -0.15) is 0 Å². The Labute approximate surface area is 109 Å². The second kappa shape index (κ2) is 5.85. The molecule has 0 saturated carbocycles. The van der Waals surface area contributed by atoms with Gasteiger partial charge in [-0.25, -0.2) is 19.3 Å². The van der Waals surface area contributed by atoms with Crippen LogP contribution in [0.25, 0.3) is 0 Å². The van der Waals surface area contributed by atoms with Gasteiger partial charge in [-0.1, -0.05) is 0 Å². The van der Waals surface area contributed by atoms with E-state index in [0.29, 0.717) is 12.4 Å². The number of carbonyl (C=O) groups is 1. The average molecular weight is 261 g/mol. The van der Waals surface area contributed by atoms with Crippen LogP contribution in [0, 0.1) is 5.82 Å². The van der Waals surface area contributed by atoms with Crippen molar-refractivity contribution in [3.8, 4) is 0 Å². The summed E-state index contributed by atoms with van der Waals surface area (Å²) >= 11 is 0. The first kappa shape index (κ1) is 12.9. The first-order chi connectivity index (χ1) is 9.20. The fraction of sp³-hybridized carbons (Fsp3) is 0.167. The SMILES string of the molecule is CCNc1ncc(F)cc1C(=O)Nc1ncccn1. The number of nitrogens with zero attached hydrogens (tertiary/aromatic N) is 3. The summed E-state index contributed by atoms with van der Waals surface area (Å²) in [6, 6.07) is 2.74. The molecule has 0 aliphatic heterocycles. The van der Waals surface area contributed by atoms with Crippen molar-refractivity contribution >= 4 is 17.7 Å². The molecule has 6 nitrogen and oxygen atoms in total. The molecule has 0 fully saturated rings. The summed E-state index contributed by atoms with van der Waals surface area (Å²) in [4.78, 5) is 23.6. The van der Waals surface area contributed by atoms with E-state index < -0.39 is 11.7 Å². The number of anilines is 2. The second-order valence-electron chi connectivity index (χ2n) is 3.61. The highest BCUT2D eigenvalue weighted by molar-refractivity contribution is 6.06. The zero-order valence-electron chi connectivity index (χ0n) is 10.2. The Balaban J connectivity index is 2.25. The number of halogens is 1. The van der Waals surface area contributed by atoms with Gasteiger partial charge in [0.2, 0.25) is 5.95 Å². The summed E-state index contributed by atoms with van der Waals surface area (Å²) in [6.07, 6.45) is 4.04. The normalized spacial score (nSPS) is 10.0. The van der Waals surface area contributed by atoms with Gasteiger partial charge in [0.1, 0.15) is 11.6 Å². The standard InChI is InChI=1S/C12H12FN5O/c1-2-14-10-9(6-8(13)7-17-10)11(19)18-12-15-4-3-5-16-12/h3-7H,2H2,1H3,(H,14,17)(H,15,16,18,19). The molecule has 0 spiro atoms. The molecule has 1 amide bonds. The van der Waals surface area contributed by atoms with Crippen molar-refractivity contribution in [1.82, 2.24) is 15.0 Å². The summed E-state index contributed by atoms with van der Waals surface area (Å²) in [7, 11) is 0. The minimum atomic E-state index is -0.583. The summed E-state index contributed by atoms with van der Waals surface area (Å²) in [5, 5.41) is 5.37. The van der Waals surface area contributed by atoms with E-state index in [4.69, 9.17) is 0 Å². The van der Waals surface area contributed by atoms with Crippen LogP contribution < -0.4 is 10.6 Å². The summed E-state index contributed by atoms with van der Waals surface area (Å²) in [5.41, 5.74) is 0.106. The molecular weight excluding hydrogens is 249 g/mol. The maximum Gasteiger partial charge on any atom is 0.261 e. The number of rotatable bonds is 4. The van der Waals surface area contributed by atoms with E-state index in [1.165, 1.54) is 12.4 Å². The van der Waals surface area contributed by atoms with E-state index in [9.17, 15) is 9.18 Å². The maximum absolute atomic E-state index is 13.2. The van der Waals surface area contributed by atoms with Crippen LogP contribution in [0.3, 0.4) is 0 Å². The van der Waals surface area contributed by atoms with Gasteiger partial charge in [0, 0.05) is 18.9 Å². The van der Waals surface area contributed by atoms with Crippen molar-refractivity contribution in [2.45, 2.75) is 6.92 Å². The molecular formula is C12H12FN5O. The monoisotopic (exact) mass is 261 g/mol. The van der Waals surface area contributed by atoms with Crippen LogP contribution in [0.4, 0.5) is 16.2 Å².